The highest BCUT2D eigenvalue weighted by atomic mass is 15.3. The molecule has 0 saturated carbocycles. The van der Waals surface area contributed by atoms with Crippen molar-refractivity contribution in [3.05, 3.63) is 0 Å². The van der Waals surface area contributed by atoms with Crippen LogP contribution in [0.3, 0.4) is 0 Å². The summed E-state index contributed by atoms with van der Waals surface area (Å²) in [6, 6.07) is 0. The van der Waals surface area contributed by atoms with Crippen LogP contribution >= 0.6 is 0 Å². The van der Waals surface area contributed by atoms with Crippen molar-refractivity contribution < 1.29 is 0 Å². The monoisotopic (exact) mass is 293 g/mol. The second kappa shape index (κ2) is 11.4. The quantitative estimate of drug-likeness (QED) is 0.298. The molecule has 0 spiro atoms. The fourth-order valence-corrected chi connectivity index (χ4v) is 2.44. The van der Waals surface area contributed by atoms with Crippen molar-refractivity contribution in [2.75, 3.05) is 58.9 Å². The Labute approximate surface area is 130 Å². The molecule has 5 nitrogen and oxygen atoms in total. The Morgan fingerprint density at radius 1 is 1.10 bits per heavy atom. The number of terminal acetylenes is 1. The lowest BCUT2D eigenvalue weighted by Crippen LogP contribution is -2.46. The van der Waals surface area contributed by atoms with E-state index in [2.05, 4.69) is 45.2 Å². The number of aliphatic imine (C=N–C) groups is 1. The lowest BCUT2D eigenvalue weighted by atomic mass is 10.2. The van der Waals surface area contributed by atoms with Crippen molar-refractivity contribution in [1.82, 2.24) is 20.4 Å². The Morgan fingerprint density at radius 2 is 1.81 bits per heavy atom. The fraction of sp³-hybridized carbons (Fsp3) is 0.812. The van der Waals surface area contributed by atoms with Gasteiger partial charge in [0.1, 0.15) is 0 Å². The highest BCUT2D eigenvalue weighted by Gasteiger charge is 2.14. The zero-order valence-corrected chi connectivity index (χ0v) is 13.7. The molecule has 0 unspecified atom stereocenters. The molecular formula is C16H31N5. The van der Waals surface area contributed by atoms with Gasteiger partial charge in [0, 0.05) is 39.3 Å². The summed E-state index contributed by atoms with van der Waals surface area (Å²) in [6.07, 6.45) is 7.59. The first-order valence-electron chi connectivity index (χ1n) is 8.20. The Morgan fingerprint density at radius 3 is 2.43 bits per heavy atom. The molecule has 1 heterocycles. The molecule has 0 bridgehead atoms. The minimum atomic E-state index is 0.521. The van der Waals surface area contributed by atoms with E-state index in [4.69, 9.17) is 6.42 Å². The molecule has 0 aromatic heterocycles. The van der Waals surface area contributed by atoms with Crippen molar-refractivity contribution in [3.8, 4) is 12.3 Å². The fourth-order valence-electron chi connectivity index (χ4n) is 2.44. The van der Waals surface area contributed by atoms with Gasteiger partial charge in [-0.25, -0.2) is 0 Å². The standard InChI is InChI=1S/C16H31N5/c1-4-9-18-16(17-5-2)19-10-7-8-11-21-14-12-20(6-3)13-15-21/h1H,5-15H2,2-3H3,(H2,17,18,19). The number of nitrogens with zero attached hydrogens (tertiary/aromatic N) is 3. The number of likely N-dealkylation sites (N-methyl/N-ethyl adjacent to an activating group) is 1. The third kappa shape index (κ3) is 7.93. The van der Waals surface area contributed by atoms with Gasteiger partial charge in [0.15, 0.2) is 5.96 Å². The minimum Gasteiger partial charge on any atom is -0.357 e. The second-order valence-corrected chi connectivity index (χ2v) is 5.30. The maximum absolute atomic E-state index is 5.25. The third-order valence-corrected chi connectivity index (χ3v) is 3.77. The van der Waals surface area contributed by atoms with Crippen LogP contribution in [0.1, 0.15) is 26.7 Å². The first-order chi connectivity index (χ1) is 10.3. The maximum atomic E-state index is 5.25. The van der Waals surface area contributed by atoms with Crippen LogP contribution < -0.4 is 10.6 Å². The van der Waals surface area contributed by atoms with E-state index < -0.39 is 0 Å². The number of unbranched alkanes of at least 4 members (excludes halogenated alkanes) is 1. The van der Waals surface area contributed by atoms with Crippen molar-refractivity contribution in [1.29, 1.82) is 0 Å². The van der Waals surface area contributed by atoms with Crippen LogP contribution in [0.25, 0.3) is 0 Å². The van der Waals surface area contributed by atoms with E-state index in [1.54, 1.807) is 0 Å². The van der Waals surface area contributed by atoms with E-state index in [0.717, 1.165) is 25.5 Å². The van der Waals surface area contributed by atoms with Crippen LogP contribution in [0.5, 0.6) is 0 Å². The Bertz CT molecular complexity index is 326. The van der Waals surface area contributed by atoms with Crippen molar-refractivity contribution in [3.63, 3.8) is 0 Å². The zero-order chi connectivity index (χ0) is 15.3. The van der Waals surface area contributed by atoms with E-state index in [1.165, 1.54) is 45.7 Å². The molecule has 1 fully saturated rings. The average molecular weight is 293 g/mol. The molecule has 1 saturated heterocycles. The molecule has 0 aliphatic carbocycles. The van der Waals surface area contributed by atoms with Crippen LogP contribution in [0.4, 0.5) is 0 Å². The average Bonchev–Trinajstić information content (AvgIpc) is 2.52. The van der Waals surface area contributed by atoms with Crippen molar-refractivity contribution in [2.24, 2.45) is 4.99 Å². The molecule has 0 radical (unpaired) electrons. The zero-order valence-electron chi connectivity index (χ0n) is 13.7. The molecule has 1 aliphatic rings. The van der Waals surface area contributed by atoms with Crippen LogP contribution in [0.15, 0.2) is 4.99 Å². The van der Waals surface area contributed by atoms with Gasteiger partial charge in [0.2, 0.25) is 0 Å². The predicted octanol–water partition coefficient (Wildman–Crippen LogP) is 0.592. The van der Waals surface area contributed by atoms with Gasteiger partial charge in [-0.05, 0) is 32.9 Å². The largest absolute Gasteiger partial charge is 0.357 e. The van der Waals surface area contributed by atoms with Gasteiger partial charge in [-0.15, -0.1) is 6.42 Å². The SMILES string of the molecule is C#CCNC(=NCCCCN1CCN(CC)CC1)NCC. The molecule has 5 heteroatoms. The molecule has 120 valence electrons. The van der Waals surface area contributed by atoms with Crippen LogP contribution in [0.2, 0.25) is 0 Å². The van der Waals surface area contributed by atoms with Gasteiger partial charge in [-0.1, -0.05) is 12.8 Å². The van der Waals surface area contributed by atoms with Crippen molar-refractivity contribution in [2.45, 2.75) is 26.7 Å². The lowest BCUT2D eigenvalue weighted by Gasteiger charge is -2.33. The first-order valence-corrected chi connectivity index (χ1v) is 8.20. The minimum absolute atomic E-state index is 0.521. The number of guanidine groups is 1. The molecule has 21 heavy (non-hydrogen) atoms. The summed E-state index contributed by atoms with van der Waals surface area (Å²) in [5.74, 6) is 3.39. The first kappa shape index (κ1) is 17.8. The number of hydrogen-bond donors (Lipinski definition) is 2. The van der Waals surface area contributed by atoms with E-state index in [-0.39, 0.29) is 0 Å². The van der Waals surface area contributed by atoms with Gasteiger partial charge in [0.05, 0.1) is 6.54 Å². The topological polar surface area (TPSA) is 42.9 Å². The molecule has 0 aromatic rings. The summed E-state index contributed by atoms with van der Waals surface area (Å²) in [6.45, 7) is 13.8. The van der Waals surface area contributed by atoms with Gasteiger partial charge in [-0.3, -0.25) is 4.99 Å². The summed E-state index contributed by atoms with van der Waals surface area (Å²) in [7, 11) is 0. The summed E-state index contributed by atoms with van der Waals surface area (Å²) in [4.78, 5) is 9.61. The Kier molecular flexibility index (Phi) is 9.68. The van der Waals surface area contributed by atoms with E-state index in [9.17, 15) is 0 Å². The smallest absolute Gasteiger partial charge is 0.192 e. The summed E-state index contributed by atoms with van der Waals surface area (Å²) in [5, 5.41) is 6.31. The van der Waals surface area contributed by atoms with Gasteiger partial charge in [-0.2, -0.15) is 0 Å². The Balaban J connectivity index is 2.11. The molecular weight excluding hydrogens is 262 g/mol. The summed E-state index contributed by atoms with van der Waals surface area (Å²) in [5.41, 5.74) is 0. The highest BCUT2D eigenvalue weighted by Crippen LogP contribution is 2.03. The number of nitrogens with one attached hydrogen (secondary N) is 2. The normalized spacial score (nSPS) is 17.5. The summed E-state index contributed by atoms with van der Waals surface area (Å²) < 4.78 is 0. The molecule has 0 aromatic carbocycles. The van der Waals surface area contributed by atoms with Crippen LogP contribution in [0, 0.1) is 12.3 Å². The number of rotatable bonds is 8. The van der Waals surface area contributed by atoms with E-state index in [1.807, 2.05) is 0 Å². The van der Waals surface area contributed by atoms with Crippen LogP contribution in [-0.2, 0) is 0 Å². The van der Waals surface area contributed by atoms with E-state index in [0.29, 0.717) is 6.54 Å². The molecule has 1 aliphatic heterocycles. The second-order valence-electron chi connectivity index (χ2n) is 5.30. The highest BCUT2D eigenvalue weighted by molar-refractivity contribution is 5.79. The predicted molar refractivity (Wildman–Crippen MR) is 90.6 cm³/mol. The third-order valence-electron chi connectivity index (χ3n) is 3.77. The van der Waals surface area contributed by atoms with Gasteiger partial charge in [0.25, 0.3) is 0 Å². The van der Waals surface area contributed by atoms with Crippen molar-refractivity contribution >= 4 is 5.96 Å². The van der Waals surface area contributed by atoms with Gasteiger partial charge >= 0.3 is 0 Å². The van der Waals surface area contributed by atoms with Crippen LogP contribution in [-0.4, -0.2) is 74.7 Å². The lowest BCUT2D eigenvalue weighted by molar-refractivity contribution is 0.136. The molecule has 0 atom stereocenters. The molecule has 2 N–H and O–H groups in total. The maximum Gasteiger partial charge on any atom is 0.192 e. The Hall–Kier alpha value is -1.25. The number of hydrogen-bond acceptors (Lipinski definition) is 3. The molecule has 1 rings (SSSR count). The van der Waals surface area contributed by atoms with E-state index >= 15 is 0 Å². The molecule has 0 amide bonds. The summed E-state index contributed by atoms with van der Waals surface area (Å²) >= 11 is 0. The number of piperazine rings is 1. The van der Waals surface area contributed by atoms with Gasteiger partial charge < -0.3 is 20.4 Å².